The van der Waals surface area contributed by atoms with Gasteiger partial charge in [0.25, 0.3) is 0 Å². The molecule has 2 aromatic carbocycles. The summed E-state index contributed by atoms with van der Waals surface area (Å²) in [5, 5.41) is 90.8. The van der Waals surface area contributed by atoms with E-state index in [-0.39, 0.29) is 121 Å². The standard InChI is InChI=1S/C90H138N26O21/c1-56(119)62-27-20-21-38-96-77(123)36-34-67(89(135)116-51-60(120)47-73(116)88(134)110-68(44-57-24-14-13-15-25-57)83(129)104-65(30-23-39-98-90(93)94)81(127)108-69(84(130)103-62)45-58-48-99-63-28-19-18-26-61(58)63)107-80(126)64(29-22-37-91)105-87(133)72(53-118)111-85(131)70(46-59-49-95-55-101-59)109-82(128)66(33-35-74(92)121)106-86(132)71(52-117)102-78(124)50-100-79(125)54-137-43-42-136-41-40-97-76(122)32-17-12-10-8-6-4-2-3-5-7-9-11-16-31-75-112-114-115-113-75/h13-15,18-19,24-26,28,48-49,55,60,62,64-73,99,117-118,120H,2-12,16-17,20-23,27,29-47,50-54,91H2,1H3,(H2,92,121)(H,95,101)(H,96,123)(H,97,122)(H,100,125)(H,102,124)(H,103,130)(H,104,129)(H,105,133)(H,106,132)(H,107,126)(H,108,127)(H,109,128)(H,110,134)(H,111,131)(H4,93,94,98)(H,112,113,114,115)/t60-,62+,64+,65+,66+,67+,68-,69+,70+,71+,72+,73+/m1/s1. The van der Waals surface area contributed by atoms with Crippen LogP contribution in [0, 0.1) is 5.41 Å². The van der Waals surface area contributed by atoms with E-state index in [0.717, 1.165) is 60.2 Å². The Labute approximate surface area is 793 Å². The van der Waals surface area contributed by atoms with E-state index >= 15 is 14.4 Å². The molecule has 0 bridgehead atoms. The van der Waals surface area contributed by atoms with Crippen LogP contribution in [0.1, 0.15) is 197 Å². The van der Waals surface area contributed by atoms with Crippen LogP contribution in [-0.2, 0) is 112 Å². The second-order valence-corrected chi connectivity index (χ2v) is 34.1. The number of imidazole rings is 1. The first kappa shape index (κ1) is 111. The van der Waals surface area contributed by atoms with E-state index in [0.29, 0.717) is 17.5 Å². The Morgan fingerprint density at radius 3 is 1.88 bits per heavy atom. The van der Waals surface area contributed by atoms with E-state index in [9.17, 15) is 77.6 Å². The normalized spacial score (nSPS) is 18.7. The monoisotopic (exact) mass is 1920 g/mol. The summed E-state index contributed by atoms with van der Waals surface area (Å²) in [5.74, 6) is -13.7. The maximum atomic E-state index is 15.3. The summed E-state index contributed by atoms with van der Waals surface area (Å²) >= 11 is 0. The number of carbonyl (C=O) groups excluding carboxylic acids is 16. The number of primary amides is 1. The molecule has 5 aromatic rings. The number of amides is 15. The lowest BCUT2D eigenvalue weighted by molar-refractivity contribution is -0.143. The summed E-state index contributed by atoms with van der Waals surface area (Å²) in [5.41, 5.74) is 19.0. The van der Waals surface area contributed by atoms with E-state index in [2.05, 4.69) is 110 Å². The van der Waals surface area contributed by atoms with Crippen molar-refractivity contribution in [1.29, 1.82) is 5.41 Å². The molecule has 0 aliphatic carbocycles. The molecule has 0 radical (unpaired) electrons. The number of nitrogens with zero attached hydrogens (tertiary/aromatic N) is 5. The molecule has 15 amide bonds. The quantitative estimate of drug-likeness (QED) is 0.0101. The lowest BCUT2D eigenvalue weighted by Crippen LogP contribution is -2.61. The van der Waals surface area contributed by atoms with Gasteiger partial charge in [0.05, 0.1) is 63.7 Å². The number of ketones is 1. The number of ether oxygens (including phenoxy) is 2. The van der Waals surface area contributed by atoms with E-state index in [1.54, 1.807) is 42.6 Å². The molecule has 754 valence electrons. The molecule has 2 aliphatic heterocycles. The number of Topliss-reactive ketones (excluding diaryl/α,β-unsaturated/α-hetero) is 1. The number of hydrogen-bond donors (Lipinski definition) is 24. The number of fused-ring (bicyclic) bond motifs is 2. The average molecular weight is 1920 g/mol. The van der Waals surface area contributed by atoms with Crippen molar-refractivity contribution in [1.82, 2.24) is 115 Å². The summed E-state index contributed by atoms with van der Waals surface area (Å²) in [6, 6.07) is -2.03. The smallest absolute Gasteiger partial charge is 0.246 e. The van der Waals surface area contributed by atoms with Crippen molar-refractivity contribution >= 4 is 111 Å². The predicted octanol–water partition coefficient (Wildman–Crippen LogP) is -3.87. The topological polar surface area (TPSA) is 725 Å². The highest BCUT2D eigenvalue weighted by atomic mass is 16.5. The second kappa shape index (κ2) is 61.9. The molecule has 0 unspecified atom stereocenters. The van der Waals surface area contributed by atoms with Gasteiger partial charge in [-0.15, -0.1) is 5.10 Å². The molecule has 27 N–H and O–H groups in total. The number of carbonyl (C=O) groups is 16. The van der Waals surface area contributed by atoms with Crippen molar-refractivity contribution in [2.45, 2.75) is 272 Å². The third-order valence-electron chi connectivity index (χ3n) is 23.2. The number of nitrogens with one attached hydrogen (secondary N) is 18. The molecular formula is C90H138N26O21. The fourth-order valence-electron chi connectivity index (χ4n) is 15.6. The number of unbranched alkanes of at least 4 members (excludes halogenated alkanes) is 12. The van der Waals surface area contributed by atoms with Crippen LogP contribution in [0.2, 0.25) is 0 Å². The minimum Gasteiger partial charge on any atom is -0.394 e. The average Bonchev–Trinajstić information content (AvgIpc) is 1.65. The van der Waals surface area contributed by atoms with Gasteiger partial charge < -0.3 is 131 Å². The molecule has 47 heteroatoms. The van der Waals surface area contributed by atoms with Gasteiger partial charge in [0.2, 0.25) is 88.6 Å². The highest BCUT2D eigenvalue weighted by Gasteiger charge is 2.44. The fraction of sp³-hybridized carbons (Fsp3) is 0.611. The molecule has 0 saturated carbocycles. The van der Waals surface area contributed by atoms with Crippen LogP contribution >= 0.6 is 0 Å². The lowest BCUT2D eigenvalue weighted by atomic mass is 10.0. The van der Waals surface area contributed by atoms with Gasteiger partial charge in [-0.25, -0.2) is 10.1 Å². The lowest BCUT2D eigenvalue weighted by Gasteiger charge is -2.31. The highest BCUT2D eigenvalue weighted by molar-refractivity contribution is 6.01. The number of tetrazole rings is 1. The molecule has 2 aliphatic rings. The first-order chi connectivity index (χ1) is 66.0. The van der Waals surface area contributed by atoms with Gasteiger partial charge >= 0.3 is 0 Å². The molecule has 0 spiro atoms. The first-order valence-corrected chi connectivity index (χ1v) is 47.1. The summed E-state index contributed by atoms with van der Waals surface area (Å²) < 4.78 is 10.8. The van der Waals surface area contributed by atoms with Gasteiger partial charge in [-0.3, -0.25) is 82.1 Å². The van der Waals surface area contributed by atoms with E-state index in [1.165, 1.54) is 70.8 Å². The Morgan fingerprint density at radius 2 is 1.21 bits per heavy atom. The van der Waals surface area contributed by atoms with Crippen molar-refractivity contribution in [2.75, 3.05) is 78.9 Å². The highest BCUT2D eigenvalue weighted by Crippen LogP contribution is 2.24. The molecular weight excluding hydrogens is 1780 g/mol. The summed E-state index contributed by atoms with van der Waals surface area (Å²) in [4.78, 5) is 235. The van der Waals surface area contributed by atoms with Gasteiger partial charge in [0.15, 0.2) is 11.7 Å². The molecule has 5 heterocycles. The van der Waals surface area contributed by atoms with Gasteiger partial charge in [-0.05, 0) is 112 Å². The number of para-hydroxylation sites is 1. The van der Waals surface area contributed by atoms with Gasteiger partial charge in [-0.1, -0.05) is 119 Å². The SMILES string of the molecule is CC(=O)[C@@H]1CCCCNC(=O)CC[C@H](NC(=O)[C@H](CCCN)NC(=O)[C@H](CO)NC(=O)[C@H](Cc2c[nH]cn2)NC(=O)[C@H](CCC(N)=O)NC(=O)[C@H](CO)NC(=O)CNC(=O)COCCOCCNC(=O)CCCCCCCCCCCCCCCc2nnn[nH]2)C(=O)N2C[C@H](O)C[C@H]2C(=O)N[C@H](Cc2ccccc2)C(=O)N[C@@H](CCCNC(=N)N)C(=O)N[C@@H](Cc2c[nH]c3ccccc23)C(=O)N1. The summed E-state index contributed by atoms with van der Waals surface area (Å²) in [7, 11) is 0. The van der Waals surface area contributed by atoms with Crippen molar-refractivity contribution in [2.24, 2.45) is 17.2 Å². The van der Waals surface area contributed by atoms with Crippen molar-refractivity contribution in [3.05, 3.63) is 96.0 Å². The Balaban J connectivity index is 0.949. The maximum absolute atomic E-state index is 15.3. The summed E-state index contributed by atoms with van der Waals surface area (Å²) in [6.45, 7) is -2.19. The Kier molecular flexibility index (Phi) is 50.2. The van der Waals surface area contributed by atoms with Crippen LogP contribution in [0.3, 0.4) is 0 Å². The van der Waals surface area contributed by atoms with Crippen LogP contribution in [-0.4, -0.2) is 308 Å². The first-order valence-electron chi connectivity index (χ1n) is 47.1. The number of aromatic nitrogens is 7. The molecule has 7 rings (SSSR count). The number of H-pyrrole nitrogens is 3. The fourth-order valence-corrected chi connectivity index (χ4v) is 15.6. The Hall–Kier alpha value is -13.0. The van der Waals surface area contributed by atoms with Crippen molar-refractivity contribution in [3.63, 3.8) is 0 Å². The van der Waals surface area contributed by atoms with Crippen molar-refractivity contribution in [3.8, 4) is 0 Å². The van der Waals surface area contributed by atoms with Gasteiger partial charge in [0.1, 0.15) is 72.8 Å². The molecule has 47 nitrogen and oxygen atoms in total. The van der Waals surface area contributed by atoms with Crippen LogP contribution in [0.25, 0.3) is 10.9 Å². The third kappa shape index (κ3) is 41.6. The molecule has 2 saturated heterocycles. The number of aromatic amines is 3. The minimum absolute atomic E-state index is 0.00321. The van der Waals surface area contributed by atoms with Gasteiger partial charge in [-0.2, -0.15) is 0 Å². The molecule has 2 fully saturated rings. The molecule has 137 heavy (non-hydrogen) atoms. The number of rotatable bonds is 56. The predicted molar refractivity (Wildman–Crippen MR) is 497 cm³/mol. The minimum atomic E-state index is -1.95. The zero-order valence-corrected chi connectivity index (χ0v) is 77.7. The zero-order valence-electron chi connectivity index (χ0n) is 77.7. The van der Waals surface area contributed by atoms with Crippen LogP contribution in [0.4, 0.5) is 0 Å². The summed E-state index contributed by atoms with van der Waals surface area (Å²) in [6.07, 6.45) is 16.1. The van der Waals surface area contributed by atoms with Gasteiger partial charge in [0, 0.05) is 101 Å². The number of aliphatic hydroxyl groups is 3. The van der Waals surface area contributed by atoms with E-state index in [4.69, 9.17) is 32.1 Å². The number of nitrogens with two attached hydrogens (primary N) is 3. The van der Waals surface area contributed by atoms with E-state index in [1.807, 2.05) is 18.2 Å². The van der Waals surface area contributed by atoms with E-state index < -0.39 is 232 Å². The molecule has 12 atom stereocenters. The molecule has 3 aromatic heterocycles. The van der Waals surface area contributed by atoms with Crippen LogP contribution in [0.15, 0.2) is 73.3 Å². The number of hydrogen-bond acceptors (Lipinski definition) is 27. The number of guanidine groups is 1. The number of aryl methyl sites for hydroxylation is 1. The third-order valence-corrected chi connectivity index (χ3v) is 23.2. The number of benzene rings is 2. The van der Waals surface area contributed by atoms with Crippen LogP contribution < -0.4 is 91.6 Å². The number of aliphatic hydroxyl groups excluding tert-OH is 3. The second-order valence-electron chi connectivity index (χ2n) is 34.1. The Morgan fingerprint density at radius 1 is 0.599 bits per heavy atom. The largest absolute Gasteiger partial charge is 0.394 e. The Bertz CT molecular complexity index is 4660. The maximum Gasteiger partial charge on any atom is 0.246 e. The zero-order chi connectivity index (χ0) is 99.2. The van der Waals surface area contributed by atoms with Crippen molar-refractivity contribution < 1.29 is 102 Å². The van der Waals surface area contributed by atoms with Crippen LogP contribution in [0.5, 0.6) is 0 Å².